The molecule has 0 spiro atoms. The lowest BCUT2D eigenvalue weighted by molar-refractivity contribution is 0.101. The summed E-state index contributed by atoms with van der Waals surface area (Å²) in [5, 5.41) is 11.3. The van der Waals surface area contributed by atoms with E-state index in [2.05, 4.69) is 51.4 Å². The number of carbonyl (C=O) groups excluding carboxylic acids is 1. The number of nitrogens with one attached hydrogen (secondary N) is 1. The van der Waals surface area contributed by atoms with Crippen molar-refractivity contribution < 1.29 is 4.79 Å². The van der Waals surface area contributed by atoms with Gasteiger partial charge in [0.2, 0.25) is 5.95 Å². The molecular weight excluding hydrogens is 338 g/mol. The predicted molar refractivity (Wildman–Crippen MR) is 107 cm³/mol. The van der Waals surface area contributed by atoms with E-state index in [1.807, 2.05) is 30.3 Å². The van der Waals surface area contributed by atoms with Gasteiger partial charge < -0.3 is 10.2 Å². The molecule has 27 heavy (non-hydrogen) atoms. The Morgan fingerprint density at radius 2 is 1.78 bits per heavy atom. The number of hydrogen-bond donors (Lipinski definition) is 1. The Hall–Kier alpha value is -3.28. The summed E-state index contributed by atoms with van der Waals surface area (Å²) >= 11 is 0. The van der Waals surface area contributed by atoms with Crippen molar-refractivity contribution in [2.24, 2.45) is 0 Å². The maximum atomic E-state index is 11.4. The van der Waals surface area contributed by atoms with E-state index < -0.39 is 0 Å². The van der Waals surface area contributed by atoms with E-state index in [0.717, 1.165) is 18.1 Å². The van der Waals surface area contributed by atoms with Gasteiger partial charge in [-0.2, -0.15) is 10.1 Å². The Bertz CT molecular complexity index is 894. The zero-order valence-electron chi connectivity index (χ0n) is 15.8. The minimum absolute atomic E-state index is 0.0370. The Morgan fingerprint density at radius 1 is 1.07 bits per heavy atom. The number of benzene rings is 2. The summed E-state index contributed by atoms with van der Waals surface area (Å²) in [5.74, 6) is 1.21. The second kappa shape index (κ2) is 8.40. The molecule has 0 saturated heterocycles. The molecule has 0 radical (unpaired) electrons. The fourth-order valence-electron chi connectivity index (χ4n) is 2.71. The highest BCUT2D eigenvalue weighted by Gasteiger charge is 2.14. The lowest BCUT2D eigenvalue weighted by Crippen LogP contribution is -2.31. The van der Waals surface area contributed by atoms with Crippen LogP contribution in [0.25, 0.3) is 0 Å². The number of rotatable bonds is 7. The third kappa shape index (κ3) is 4.88. The van der Waals surface area contributed by atoms with Gasteiger partial charge in [0.25, 0.3) is 0 Å². The lowest BCUT2D eigenvalue weighted by Gasteiger charge is -2.27. The SMILES string of the molecule is CC(=O)c1ccc(Nc2nncc(N(Cc3ccccc3)C(C)C)n2)cc1. The normalized spacial score (nSPS) is 10.7. The van der Waals surface area contributed by atoms with Crippen molar-refractivity contribution in [3.8, 4) is 0 Å². The van der Waals surface area contributed by atoms with Crippen LogP contribution in [-0.2, 0) is 6.54 Å². The molecule has 6 heteroatoms. The van der Waals surface area contributed by atoms with Gasteiger partial charge in [0.05, 0.1) is 6.20 Å². The number of Topliss-reactive ketones (excluding diaryl/α,β-unsaturated/α-hetero) is 1. The molecule has 6 nitrogen and oxygen atoms in total. The molecule has 0 fully saturated rings. The van der Waals surface area contributed by atoms with Crippen LogP contribution in [0.3, 0.4) is 0 Å². The van der Waals surface area contributed by atoms with E-state index in [0.29, 0.717) is 11.5 Å². The average Bonchev–Trinajstić information content (AvgIpc) is 2.67. The van der Waals surface area contributed by atoms with Crippen molar-refractivity contribution in [3.63, 3.8) is 0 Å². The van der Waals surface area contributed by atoms with Crippen LogP contribution >= 0.6 is 0 Å². The minimum atomic E-state index is 0.0370. The van der Waals surface area contributed by atoms with Crippen LogP contribution in [0.15, 0.2) is 60.8 Å². The first kappa shape index (κ1) is 18.5. The van der Waals surface area contributed by atoms with Gasteiger partial charge in [-0.3, -0.25) is 4.79 Å². The van der Waals surface area contributed by atoms with Crippen molar-refractivity contribution in [2.45, 2.75) is 33.4 Å². The third-order valence-corrected chi connectivity index (χ3v) is 4.21. The highest BCUT2D eigenvalue weighted by Crippen LogP contribution is 2.20. The molecule has 3 aromatic rings. The monoisotopic (exact) mass is 361 g/mol. The van der Waals surface area contributed by atoms with Gasteiger partial charge in [-0.1, -0.05) is 30.3 Å². The summed E-state index contributed by atoms with van der Waals surface area (Å²) < 4.78 is 0. The first-order valence-corrected chi connectivity index (χ1v) is 8.91. The lowest BCUT2D eigenvalue weighted by atomic mass is 10.1. The van der Waals surface area contributed by atoms with Crippen molar-refractivity contribution >= 4 is 23.2 Å². The van der Waals surface area contributed by atoms with E-state index in [-0.39, 0.29) is 11.8 Å². The van der Waals surface area contributed by atoms with Crippen LogP contribution < -0.4 is 10.2 Å². The predicted octanol–water partition coefficient (Wildman–Crippen LogP) is 4.23. The third-order valence-electron chi connectivity index (χ3n) is 4.21. The molecule has 0 aliphatic carbocycles. The van der Waals surface area contributed by atoms with Crippen LogP contribution in [0, 0.1) is 0 Å². The Morgan fingerprint density at radius 3 is 2.41 bits per heavy atom. The van der Waals surface area contributed by atoms with Crippen molar-refractivity contribution in [1.29, 1.82) is 0 Å². The van der Waals surface area contributed by atoms with E-state index >= 15 is 0 Å². The van der Waals surface area contributed by atoms with Crippen LogP contribution in [0.5, 0.6) is 0 Å². The molecule has 0 aliphatic heterocycles. The van der Waals surface area contributed by atoms with Crippen molar-refractivity contribution in [2.75, 3.05) is 10.2 Å². The molecule has 0 bridgehead atoms. The average molecular weight is 361 g/mol. The van der Waals surface area contributed by atoms with Crippen molar-refractivity contribution in [1.82, 2.24) is 15.2 Å². The quantitative estimate of drug-likeness (QED) is 0.635. The minimum Gasteiger partial charge on any atom is -0.348 e. The fourth-order valence-corrected chi connectivity index (χ4v) is 2.71. The molecular formula is C21H23N5O. The van der Waals surface area contributed by atoms with E-state index in [1.165, 1.54) is 5.56 Å². The molecule has 0 aliphatic rings. The Balaban J connectivity index is 1.79. The summed E-state index contributed by atoms with van der Waals surface area (Å²) in [5.41, 5.74) is 2.68. The van der Waals surface area contributed by atoms with Crippen LogP contribution in [0.1, 0.15) is 36.7 Å². The summed E-state index contributed by atoms with van der Waals surface area (Å²) in [6.45, 7) is 6.54. The molecule has 138 valence electrons. The van der Waals surface area contributed by atoms with Gasteiger partial charge in [0.1, 0.15) is 0 Å². The summed E-state index contributed by atoms with van der Waals surface area (Å²) in [7, 11) is 0. The summed E-state index contributed by atoms with van der Waals surface area (Å²) in [6, 6.07) is 17.7. The van der Waals surface area contributed by atoms with Crippen LogP contribution in [0.4, 0.5) is 17.5 Å². The number of aromatic nitrogens is 3. The topological polar surface area (TPSA) is 71.0 Å². The molecule has 2 aromatic carbocycles. The fraction of sp³-hybridized carbons (Fsp3) is 0.238. The smallest absolute Gasteiger partial charge is 0.249 e. The number of hydrogen-bond acceptors (Lipinski definition) is 6. The summed E-state index contributed by atoms with van der Waals surface area (Å²) in [6.07, 6.45) is 1.67. The molecule has 1 N–H and O–H groups in total. The summed E-state index contributed by atoms with van der Waals surface area (Å²) in [4.78, 5) is 18.2. The zero-order chi connectivity index (χ0) is 19.2. The molecule has 0 atom stereocenters. The molecule has 1 heterocycles. The number of carbonyl (C=O) groups is 1. The molecule has 0 amide bonds. The second-order valence-electron chi connectivity index (χ2n) is 6.60. The zero-order valence-corrected chi connectivity index (χ0v) is 15.8. The van der Waals surface area contributed by atoms with Crippen LogP contribution in [0.2, 0.25) is 0 Å². The van der Waals surface area contributed by atoms with Gasteiger partial charge in [-0.05, 0) is 50.6 Å². The first-order chi connectivity index (χ1) is 13.0. The van der Waals surface area contributed by atoms with Gasteiger partial charge in [0, 0.05) is 23.8 Å². The standard InChI is InChI=1S/C21H23N5O/c1-15(2)26(14-17-7-5-4-6-8-17)20-13-22-25-21(24-20)23-19-11-9-18(10-12-19)16(3)27/h4-13,15H,14H2,1-3H3,(H,23,24,25). The Labute approximate surface area is 159 Å². The second-order valence-corrected chi connectivity index (χ2v) is 6.60. The van der Waals surface area contributed by atoms with Gasteiger partial charge >= 0.3 is 0 Å². The maximum absolute atomic E-state index is 11.4. The van der Waals surface area contributed by atoms with Crippen molar-refractivity contribution in [3.05, 3.63) is 71.9 Å². The van der Waals surface area contributed by atoms with E-state index in [9.17, 15) is 4.79 Å². The highest BCUT2D eigenvalue weighted by atomic mass is 16.1. The van der Waals surface area contributed by atoms with Crippen LogP contribution in [-0.4, -0.2) is 27.0 Å². The largest absolute Gasteiger partial charge is 0.348 e. The highest BCUT2D eigenvalue weighted by molar-refractivity contribution is 5.94. The van der Waals surface area contributed by atoms with E-state index in [4.69, 9.17) is 0 Å². The molecule has 1 aromatic heterocycles. The van der Waals surface area contributed by atoms with Gasteiger partial charge in [-0.25, -0.2) is 0 Å². The Kier molecular flexibility index (Phi) is 5.76. The van der Waals surface area contributed by atoms with E-state index in [1.54, 1.807) is 25.3 Å². The number of nitrogens with zero attached hydrogens (tertiary/aromatic N) is 4. The van der Waals surface area contributed by atoms with Gasteiger partial charge in [-0.15, -0.1) is 5.10 Å². The molecule has 3 rings (SSSR count). The molecule has 0 saturated carbocycles. The number of ketones is 1. The molecule has 0 unspecified atom stereocenters. The van der Waals surface area contributed by atoms with Gasteiger partial charge in [0.15, 0.2) is 11.6 Å². The first-order valence-electron chi connectivity index (χ1n) is 8.91. The number of anilines is 3. The maximum Gasteiger partial charge on any atom is 0.249 e.